The van der Waals surface area contributed by atoms with Crippen LogP contribution in [0.3, 0.4) is 0 Å². The predicted molar refractivity (Wildman–Crippen MR) is 85.8 cm³/mol. The van der Waals surface area contributed by atoms with Gasteiger partial charge in [-0.05, 0) is 31.9 Å². The molecule has 0 heterocycles. The summed E-state index contributed by atoms with van der Waals surface area (Å²) in [6.45, 7) is 8.44. The average Bonchev–Trinajstić information content (AvgIpc) is 2.44. The Morgan fingerprint density at radius 3 is 2.42 bits per heavy atom. The molecule has 2 N–H and O–H groups in total. The van der Waals surface area contributed by atoms with Crippen LogP contribution in [0.1, 0.15) is 51.5 Å². The van der Waals surface area contributed by atoms with E-state index in [1.54, 1.807) is 0 Å². The third kappa shape index (κ3) is 4.87. The maximum absolute atomic E-state index is 6.01. The van der Waals surface area contributed by atoms with Crippen molar-refractivity contribution in [1.82, 2.24) is 0 Å². The Morgan fingerprint density at radius 1 is 1.11 bits per heavy atom. The topological polar surface area (TPSA) is 29.3 Å². The van der Waals surface area contributed by atoms with Crippen LogP contribution in [-0.2, 0) is 0 Å². The Balaban J connectivity index is 2.67. The summed E-state index contributed by atoms with van der Waals surface area (Å²) in [6.07, 6.45) is 6.46. The molecular weight excluding hydrogens is 232 g/mol. The number of rotatable bonds is 9. The molecular formula is C17H30N2. The van der Waals surface area contributed by atoms with E-state index in [1.807, 2.05) is 0 Å². The normalized spacial score (nSPS) is 12.4. The largest absolute Gasteiger partial charge is 0.367 e. The summed E-state index contributed by atoms with van der Waals surface area (Å²) in [5, 5.41) is 0. The number of benzene rings is 1. The zero-order chi connectivity index (χ0) is 14.1. The lowest BCUT2D eigenvalue weighted by molar-refractivity contribution is 0.520. The summed E-state index contributed by atoms with van der Waals surface area (Å²) >= 11 is 0. The van der Waals surface area contributed by atoms with E-state index in [-0.39, 0.29) is 0 Å². The second-order valence-corrected chi connectivity index (χ2v) is 5.31. The highest BCUT2D eigenvalue weighted by Gasteiger charge is 2.16. The zero-order valence-corrected chi connectivity index (χ0v) is 12.9. The van der Waals surface area contributed by atoms with E-state index in [4.69, 9.17) is 5.73 Å². The monoisotopic (exact) mass is 262 g/mol. The van der Waals surface area contributed by atoms with Crippen LogP contribution in [0.25, 0.3) is 0 Å². The fourth-order valence-corrected chi connectivity index (χ4v) is 2.72. The lowest BCUT2D eigenvalue weighted by Crippen LogP contribution is -2.41. The van der Waals surface area contributed by atoms with Crippen molar-refractivity contribution in [2.24, 2.45) is 5.73 Å². The van der Waals surface area contributed by atoms with Crippen molar-refractivity contribution < 1.29 is 0 Å². The molecule has 1 aromatic carbocycles. The molecule has 0 amide bonds. The fraction of sp³-hybridized carbons (Fsp3) is 0.647. The van der Waals surface area contributed by atoms with Crippen molar-refractivity contribution in [1.29, 1.82) is 0 Å². The molecule has 0 aromatic heterocycles. The molecule has 1 aromatic rings. The molecule has 0 radical (unpaired) electrons. The number of hydrogen-bond acceptors (Lipinski definition) is 2. The van der Waals surface area contributed by atoms with E-state index in [0.717, 1.165) is 13.1 Å². The van der Waals surface area contributed by atoms with Crippen molar-refractivity contribution in [3.05, 3.63) is 29.8 Å². The number of aryl methyl sites for hydroxylation is 1. The summed E-state index contributed by atoms with van der Waals surface area (Å²) in [4.78, 5) is 2.47. The molecule has 108 valence electrons. The second-order valence-electron chi connectivity index (χ2n) is 5.31. The first-order valence-corrected chi connectivity index (χ1v) is 7.76. The van der Waals surface area contributed by atoms with Crippen LogP contribution >= 0.6 is 0 Å². The minimum Gasteiger partial charge on any atom is -0.367 e. The van der Waals surface area contributed by atoms with Crippen molar-refractivity contribution in [2.45, 2.75) is 58.9 Å². The first-order valence-electron chi connectivity index (χ1n) is 7.76. The summed E-state index contributed by atoms with van der Waals surface area (Å²) in [7, 11) is 0. The molecule has 1 rings (SSSR count). The molecule has 0 fully saturated rings. The van der Waals surface area contributed by atoms with Crippen molar-refractivity contribution in [3.63, 3.8) is 0 Å². The van der Waals surface area contributed by atoms with E-state index in [1.165, 1.54) is 43.4 Å². The minimum absolute atomic E-state index is 0.475. The number of likely N-dealkylation sites (N-methyl/N-ethyl adjacent to an activating group) is 1. The highest BCUT2D eigenvalue weighted by molar-refractivity contribution is 5.53. The highest BCUT2D eigenvalue weighted by atomic mass is 15.2. The molecule has 0 aliphatic rings. The molecule has 2 heteroatoms. The summed E-state index contributed by atoms with van der Waals surface area (Å²) in [5.41, 5.74) is 8.70. The predicted octanol–water partition coefficient (Wildman–Crippen LogP) is 4.12. The van der Waals surface area contributed by atoms with Gasteiger partial charge in [-0.3, -0.25) is 0 Å². The van der Waals surface area contributed by atoms with Crippen LogP contribution < -0.4 is 10.6 Å². The van der Waals surface area contributed by atoms with Crippen LogP contribution in [0.15, 0.2) is 24.3 Å². The number of nitrogens with zero attached hydrogens (tertiary/aromatic N) is 1. The van der Waals surface area contributed by atoms with Crippen LogP contribution in [0.2, 0.25) is 0 Å². The van der Waals surface area contributed by atoms with Crippen molar-refractivity contribution in [2.75, 3.05) is 18.0 Å². The van der Waals surface area contributed by atoms with Crippen molar-refractivity contribution >= 4 is 5.69 Å². The van der Waals surface area contributed by atoms with E-state index in [9.17, 15) is 0 Å². The Morgan fingerprint density at radius 2 is 1.84 bits per heavy atom. The van der Waals surface area contributed by atoms with Gasteiger partial charge in [-0.2, -0.15) is 0 Å². The number of anilines is 1. The quantitative estimate of drug-likeness (QED) is 0.678. The number of para-hydroxylation sites is 1. The van der Waals surface area contributed by atoms with Gasteiger partial charge in [0, 0.05) is 24.8 Å². The molecule has 0 bridgehead atoms. The van der Waals surface area contributed by atoms with Gasteiger partial charge in [0.25, 0.3) is 0 Å². The zero-order valence-electron chi connectivity index (χ0n) is 12.9. The number of hydrogen-bond donors (Lipinski definition) is 1. The third-order valence-corrected chi connectivity index (χ3v) is 3.87. The van der Waals surface area contributed by atoms with E-state index in [0.29, 0.717) is 6.04 Å². The van der Waals surface area contributed by atoms with Gasteiger partial charge in [-0.25, -0.2) is 0 Å². The first-order chi connectivity index (χ1) is 9.24. The Labute approximate surface area is 119 Å². The molecule has 2 nitrogen and oxygen atoms in total. The van der Waals surface area contributed by atoms with Gasteiger partial charge in [0.15, 0.2) is 0 Å². The van der Waals surface area contributed by atoms with E-state index >= 15 is 0 Å². The molecule has 1 atom stereocenters. The van der Waals surface area contributed by atoms with E-state index in [2.05, 4.69) is 49.9 Å². The van der Waals surface area contributed by atoms with Gasteiger partial charge >= 0.3 is 0 Å². The van der Waals surface area contributed by atoms with Gasteiger partial charge in [-0.1, -0.05) is 50.8 Å². The van der Waals surface area contributed by atoms with Gasteiger partial charge in [0.2, 0.25) is 0 Å². The number of nitrogens with two attached hydrogens (primary N) is 1. The molecule has 0 aliphatic heterocycles. The average molecular weight is 262 g/mol. The maximum Gasteiger partial charge on any atom is 0.0412 e. The van der Waals surface area contributed by atoms with Gasteiger partial charge < -0.3 is 10.6 Å². The van der Waals surface area contributed by atoms with Crippen LogP contribution in [0.5, 0.6) is 0 Å². The SMILES string of the molecule is CCCCCCC(CN)N(CC)c1ccccc1C. The Hall–Kier alpha value is -1.02. The summed E-state index contributed by atoms with van der Waals surface area (Å²) in [5.74, 6) is 0. The molecule has 0 aliphatic carbocycles. The smallest absolute Gasteiger partial charge is 0.0412 e. The third-order valence-electron chi connectivity index (χ3n) is 3.87. The minimum atomic E-state index is 0.475. The molecule has 0 saturated heterocycles. The van der Waals surface area contributed by atoms with Gasteiger partial charge in [0.1, 0.15) is 0 Å². The summed E-state index contributed by atoms with van der Waals surface area (Å²) in [6, 6.07) is 9.10. The Bertz CT molecular complexity index is 349. The lowest BCUT2D eigenvalue weighted by atomic mass is 10.0. The Kier molecular flexibility index (Phi) is 7.57. The fourth-order valence-electron chi connectivity index (χ4n) is 2.72. The number of unbranched alkanes of at least 4 members (excludes halogenated alkanes) is 3. The second kappa shape index (κ2) is 8.98. The van der Waals surface area contributed by atoms with Crippen LogP contribution in [-0.4, -0.2) is 19.1 Å². The highest BCUT2D eigenvalue weighted by Crippen LogP contribution is 2.23. The van der Waals surface area contributed by atoms with Crippen LogP contribution in [0.4, 0.5) is 5.69 Å². The van der Waals surface area contributed by atoms with E-state index < -0.39 is 0 Å². The first kappa shape index (κ1) is 16.0. The molecule has 0 spiro atoms. The van der Waals surface area contributed by atoms with Crippen molar-refractivity contribution in [3.8, 4) is 0 Å². The molecule has 0 saturated carbocycles. The van der Waals surface area contributed by atoms with Crippen LogP contribution in [0, 0.1) is 6.92 Å². The van der Waals surface area contributed by atoms with Gasteiger partial charge in [0.05, 0.1) is 0 Å². The maximum atomic E-state index is 6.01. The molecule has 19 heavy (non-hydrogen) atoms. The summed E-state index contributed by atoms with van der Waals surface area (Å²) < 4.78 is 0. The van der Waals surface area contributed by atoms with Gasteiger partial charge in [-0.15, -0.1) is 0 Å². The molecule has 1 unspecified atom stereocenters. The standard InChI is InChI=1S/C17H30N2/c1-4-6-7-8-12-16(14-18)19(5-2)17-13-10-9-11-15(17)3/h9-11,13,16H,4-8,12,14,18H2,1-3H3. The lowest BCUT2D eigenvalue weighted by Gasteiger charge is -2.33.